The predicted octanol–water partition coefficient (Wildman–Crippen LogP) is 4.79. The predicted molar refractivity (Wildman–Crippen MR) is 94.8 cm³/mol. The number of hydrogen-bond acceptors (Lipinski definition) is 4. The topological polar surface area (TPSA) is 80.9 Å². The van der Waals surface area contributed by atoms with Crippen LogP contribution in [0.4, 0.5) is 0 Å². The summed E-state index contributed by atoms with van der Waals surface area (Å²) in [5.74, 6) is -0.938. The molecule has 4 N–H and O–H groups in total. The monoisotopic (exact) mass is 330 g/mol. The van der Waals surface area contributed by atoms with Crippen molar-refractivity contribution in [2.75, 3.05) is 0 Å². The zero-order chi connectivity index (χ0) is 17.7. The molecule has 2 rings (SSSR count). The van der Waals surface area contributed by atoms with Gasteiger partial charge in [0.25, 0.3) is 0 Å². The lowest BCUT2D eigenvalue weighted by Crippen LogP contribution is -2.24. The van der Waals surface area contributed by atoms with Gasteiger partial charge in [-0.2, -0.15) is 0 Å². The molecule has 1 unspecified atom stereocenters. The van der Waals surface area contributed by atoms with Crippen LogP contribution in [0.25, 0.3) is 0 Å². The minimum Gasteiger partial charge on any atom is -0.508 e. The van der Waals surface area contributed by atoms with Gasteiger partial charge in [0.1, 0.15) is 5.75 Å². The van der Waals surface area contributed by atoms with Crippen LogP contribution in [-0.2, 0) is 5.41 Å². The molecule has 24 heavy (non-hydrogen) atoms. The van der Waals surface area contributed by atoms with E-state index in [-0.39, 0.29) is 17.2 Å². The largest absolute Gasteiger partial charge is 0.508 e. The molecule has 0 bridgehead atoms. The number of rotatable bonds is 7. The molecule has 0 radical (unpaired) electrons. The first-order valence-corrected chi connectivity index (χ1v) is 8.44. The van der Waals surface area contributed by atoms with Gasteiger partial charge in [-0.1, -0.05) is 57.7 Å². The number of phenolic OH excluding ortho intramolecular Hbond substituents is 4. The Morgan fingerprint density at radius 2 is 1.46 bits per heavy atom. The zero-order valence-electron chi connectivity index (χ0n) is 14.3. The van der Waals surface area contributed by atoms with E-state index in [1.54, 1.807) is 18.2 Å². The van der Waals surface area contributed by atoms with Crippen LogP contribution in [0.5, 0.6) is 23.0 Å². The highest BCUT2D eigenvalue weighted by Gasteiger charge is 2.32. The quantitative estimate of drug-likeness (QED) is 0.435. The minimum absolute atomic E-state index is 0.185. The van der Waals surface area contributed by atoms with Gasteiger partial charge >= 0.3 is 0 Å². The molecule has 0 fully saturated rings. The van der Waals surface area contributed by atoms with Gasteiger partial charge in [0.05, 0.1) is 0 Å². The second-order valence-corrected chi connectivity index (χ2v) is 6.52. The number of unbranched alkanes of at least 4 members (excludes halogenated alkanes) is 3. The summed E-state index contributed by atoms with van der Waals surface area (Å²) >= 11 is 0. The van der Waals surface area contributed by atoms with Crippen LogP contribution in [0.3, 0.4) is 0 Å². The molecule has 0 aromatic heterocycles. The van der Waals surface area contributed by atoms with Gasteiger partial charge in [-0.25, -0.2) is 0 Å². The van der Waals surface area contributed by atoms with Crippen molar-refractivity contribution < 1.29 is 20.4 Å². The van der Waals surface area contributed by atoms with Crippen molar-refractivity contribution in [1.29, 1.82) is 0 Å². The maximum Gasteiger partial charge on any atom is 0.200 e. The molecule has 0 spiro atoms. The molecular formula is C20H26O4. The Labute approximate surface area is 143 Å². The van der Waals surface area contributed by atoms with Crippen LogP contribution in [-0.4, -0.2) is 20.4 Å². The Morgan fingerprint density at radius 1 is 0.792 bits per heavy atom. The Hall–Kier alpha value is -2.36. The first-order valence-electron chi connectivity index (χ1n) is 8.44. The van der Waals surface area contributed by atoms with Crippen molar-refractivity contribution in [3.8, 4) is 23.0 Å². The summed E-state index contributed by atoms with van der Waals surface area (Å²) < 4.78 is 0. The van der Waals surface area contributed by atoms with Crippen molar-refractivity contribution in [3.63, 3.8) is 0 Å². The summed E-state index contributed by atoms with van der Waals surface area (Å²) in [4.78, 5) is 0. The van der Waals surface area contributed by atoms with E-state index in [1.807, 2.05) is 19.1 Å². The second kappa shape index (κ2) is 7.47. The molecule has 2 aromatic carbocycles. The summed E-state index contributed by atoms with van der Waals surface area (Å²) in [6, 6.07) is 9.96. The first-order chi connectivity index (χ1) is 11.4. The molecule has 0 saturated heterocycles. The molecule has 0 aliphatic carbocycles. The van der Waals surface area contributed by atoms with E-state index >= 15 is 0 Å². The average molecular weight is 330 g/mol. The van der Waals surface area contributed by atoms with Gasteiger partial charge in [0.2, 0.25) is 5.75 Å². The molecule has 130 valence electrons. The number of aromatic hydroxyl groups is 4. The molecule has 0 saturated carbocycles. The van der Waals surface area contributed by atoms with E-state index in [1.165, 1.54) is 6.07 Å². The highest BCUT2D eigenvalue weighted by molar-refractivity contribution is 5.58. The molecule has 0 aliphatic rings. The average Bonchev–Trinajstić information content (AvgIpc) is 2.57. The fraction of sp³-hybridized carbons (Fsp3) is 0.400. The lowest BCUT2D eigenvalue weighted by molar-refractivity contribution is 0.355. The summed E-state index contributed by atoms with van der Waals surface area (Å²) in [7, 11) is 0. The minimum atomic E-state index is -0.531. The third-order valence-electron chi connectivity index (χ3n) is 4.76. The van der Waals surface area contributed by atoms with E-state index in [0.717, 1.165) is 37.7 Å². The normalized spacial score (nSPS) is 13.6. The van der Waals surface area contributed by atoms with Crippen molar-refractivity contribution in [1.82, 2.24) is 0 Å². The van der Waals surface area contributed by atoms with Crippen LogP contribution in [0.15, 0.2) is 36.4 Å². The van der Waals surface area contributed by atoms with Crippen molar-refractivity contribution in [2.24, 2.45) is 0 Å². The third kappa shape index (κ3) is 3.58. The highest BCUT2D eigenvalue weighted by Crippen LogP contribution is 2.47. The Balaban J connectivity index is 2.46. The van der Waals surface area contributed by atoms with Crippen LogP contribution >= 0.6 is 0 Å². The third-order valence-corrected chi connectivity index (χ3v) is 4.76. The van der Waals surface area contributed by atoms with Gasteiger partial charge in [-0.05, 0) is 30.2 Å². The standard InChI is InChI=1S/C20H26O4/c1-3-4-5-6-13-20(2,14-7-9-15(21)10-8-14)16-11-12-17(22)19(24)18(16)23/h7-12,21-24H,3-6,13H2,1-2H3. The number of benzene rings is 2. The summed E-state index contributed by atoms with van der Waals surface area (Å²) in [5.41, 5.74) is 0.980. The fourth-order valence-electron chi connectivity index (χ4n) is 3.18. The molecule has 0 heterocycles. The molecular weight excluding hydrogens is 304 g/mol. The van der Waals surface area contributed by atoms with E-state index in [4.69, 9.17) is 0 Å². The summed E-state index contributed by atoms with van der Waals surface area (Å²) in [5, 5.41) is 39.4. The SMILES string of the molecule is CCCCCCC(C)(c1ccc(O)cc1)c1ccc(O)c(O)c1O. The Morgan fingerprint density at radius 3 is 2.08 bits per heavy atom. The number of hydrogen-bond donors (Lipinski definition) is 4. The summed E-state index contributed by atoms with van der Waals surface area (Å²) in [6.07, 6.45) is 5.15. The fourth-order valence-corrected chi connectivity index (χ4v) is 3.18. The van der Waals surface area contributed by atoms with Crippen LogP contribution < -0.4 is 0 Å². The zero-order valence-corrected chi connectivity index (χ0v) is 14.3. The van der Waals surface area contributed by atoms with E-state index in [9.17, 15) is 20.4 Å². The second-order valence-electron chi connectivity index (χ2n) is 6.52. The summed E-state index contributed by atoms with van der Waals surface area (Å²) in [6.45, 7) is 4.17. The van der Waals surface area contributed by atoms with Crippen LogP contribution in [0.1, 0.15) is 57.1 Å². The lowest BCUT2D eigenvalue weighted by Gasteiger charge is -2.32. The van der Waals surface area contributed by atoms with E-state index in [2.05, 4.69) is 6.92 Å². The Bertz CT molecular complexity index is 679. The number of phenols is 4. The van der Waals surface area contributed by atoms with Crippen molar-refractivity contribution in [3.05, 3.63) is 47.5 Å². The van der Waals surface area contributed by atoms with Crippen molar-refractivity contribution >= 4 is 0 Å². The molecule has 2 aromatic rings. The lowest BCUT2D eigenvalue weighted by atomic mass is 9.72. The maximum absolute atomic E-state index is 10.4. The van der Waals surface area contributed by atoms with Gasteiger partial charge in [-0.15, -0.1) is 0 Å². The van der Waals surface area contributed by atoms with Crippen LogP contribution in [0, 0.1) is 0 Å². The van der Waals surface area contributed by atoms with Gasteiger partial charge < -0.3 is 20.4 Å². The van der Waals surface area contributed by atoms with Gasteiger partial charge in [0.15, 0.2) is 11.5 Å². The molecule has 4 heteroatoms. The smallest absolute Gasteiger partial charge is 0.200 e. The molecule has 0 aliphatic heterocycles. The van der Waals surface area contributed by atoms with Gasteiger partial charge in [-0.3, -0.25) is 0 Å². The maximum atomic E-state index is 10.4. The Kier molecular flexibility index (Phi) is 5.60. The molecule has 1 atom stereocenters. The van der Waals surface area contributed by atoms with E-state index < -0.39 is 11.2 Å². The van der Waals surface area contributed by atoms with Crippen LogP contribution in [0.2, 0.25) is 0 Å². The van der Waals surface area contributed by atoms with Gasteiger partial charge in [0, 0.05) is 11.0 Å². The van der Waals surface area contributed by atoms with E-state index in [0.29, 0.717) is 5.56 Å². The first kappa shape index (κ1) is 18.0. The molecule has 4 nitrogen and oxygen atoms in total. The molecule has 0 amide bonds. The highest BCUT2D eigenvalue weighted by atomic mass is 16.3. The van der Waals surface area contributed by atoms with Crippen molar-refractivity contribution in [2.45, 2.75) is 51.4 Å².